The highest BCUT2D eigenvalue weighted by atomic mass is 16.2. The van der Waals surface area contributed by atoms with Gasteiger partial charge in [0, 0.05) is 35.1 Å². The number of carbonyl (C=O) groups is 3. The first-order chi connectivity index (χ1) is 14.4. The molecular formula is C23H28N4O3. The molecule has 0 aliphatic heterocycles. The van der Waals surface area contributed by atoms with Gasteiger partial charge in [-0.2, -0.15) is 0 Å². The van der Waals surface area contributed by atoms with Crippen molar-refractivity contribution in [3.05, 3.63) is 47.5 Å². The predicted molar refractivity (Wildman–Crippen MR) is 120 cm³/mol. The van der Waals surface area contributed by atoms with Gasteiger partial charge in [0.1, 0.15) is 0 Å². The van der Waals surface area contributed by atoms with Crippen LogP contribution in [0.2, 0.25) is 0 Å². The summed E-state index contributed by atoms with van der Waals surface area (Å²) in [6.07, 6.45) is 2.29. The monoisotopic (exact) mass is 408 g/mol. The molecule has 0 atom stereocenters. The topological polar surface area (TPSA) is 99.3 Å². The lowest BCUT2D eigenvalue weighted by Gasteiger charge is -2.15. The number of nitrogens with one attached hydrogen (secondary N) is 4. The van der Waals surface area contributed by atoms with Crippen LogP contribution < -0.4 is 21.3 Å². The Morgan fingerprint density at radius 1 is 0.900 bits per heavy atom. The Balaban J connectivity index is 1.59. The fraction of sp³-hybridized carbons (Fsp3) is 0.348. The summed E-state index contributed by atoms with van der Waals surface area (Å²) in [5, 5.41) is 11.8. The predicted octanol–water partition coefficient (Wildman–Crippen LogP) is 4.05. The maximum absolute atomic E-state index is 12.4. The minimum absolute atomic E-state index is 0.0540. The van der Waals surface area contributed by atoms with E-state index in [1.807, 2.05) is 38.1 Å². The molecule has 0 heterocycles. The van der Waals surface area contributed by atoms with E-state index >= 15 is 0 Å². The van der Waals surface area contributed by atoms with E-state index in [2.05, 4.69) is 21.3 Å². The van der Waals surface area contributed by atoms with Crippen LogP contribution in [0.25, 0.3) is 0 Å². The van der Waals surface area contributed by atoms with Crippen molar-refractivity contribution in [2.75, 3.05) is 27.8 Å². The highest BCUT2D eigenvalue weighted by molar-refractivity contribution is 5.97. The fourth-order valence-corrected chi connectivity index (χ4v) is 3.00. The normalized spacial score (nSPS) is 12.8. The average molecular weight is 409 g/mol. The molecule has 7 nitrogen and oxygen atoms in total. The smallest absolute Gasteiger partial charge is 0.243 e. The Bertz CT molecular complexity index is 967. The van der Waals surface area contributed by atoms with Crippen LogP contribution in [-0.4, -0.2) is 24.3 Å². The number of carbonyl (C=O) groups excluding carboxylic acids is 3. The van der Waals surface area contributed by atoms with Crippen molar-refractivity contribution in [1.82, 2.24) is 0 Å². The molecule has 3 amide bonds. The number of anilines is 4. The molecule has 0 spiro atoms. The van der Waals surface area contributed by atoms with Crippen molar-refractivity contribution in [3.63, 3.8) is 0 Å². The van der Waals surface area contributed by atoms with Gasteiger partial charge < -0.3 is 21.3 Å². The molecule has 0 bridgehead atoms. The third kappa shape index (κ3) is 5.59. The summed E-state index contributed by atoms with van der Waals surface area (Å²) < 4.78 is 0. The van der Waals surface area contributed by atoms with Gasteiger partial charge in [0.15, 0.2) is 0 Å². The molecule has 2 aromatic rings. The summed E-state index contributed by atoms with van der Waals surface area (Å²) in [4.78, 5) is 36.1. The Labute approximate surface area is 176 Å². The van der Waals surface area contributed by atoms with Crippen LogP contribution in [0, 0.1) is 19.8 Å². The van der Waals surface area contributed by atoms with Gasteiger partial charge >= 0.3 is 0 Å². The first kappa shape index (κ1) is 21.4. The Morgan fingerprint density at radius 2 is 1.63 bits per heavy atom. The summed E-state index contributed by atoms with van der Waals surface area (Å²) in [5.74, 6) is -0.0996. The third-order valence-corrected chi connectivity index (χ3v) is 5.10. The first-order valence-electron chi connectivity index (χ1n) is 10.2. The zero-order valence-corrected chi connectivity index (χ0v) is 17.6. The lowest BCUT2D eigenvalue weighted by atomic mass is 10.1. The van der Waals surface area contributed by atoms with Gasteiger partial charge in [-0.1, -0.05) is 19.1 Å². The number of benzene rings is 2. The van der Waals surface area contributed by atoms with Crippen molar-refractivity contribution in [1.29, 1.82) is 0 Å². The second-order valence-corrected chi connectivity index (χ2v) is 7.57. The summed E-state index contributed by atoms with van der Waals surface area (Å²) in [5.41, 5.74) is 4.65. The lowest BCUT2D eigenvalue weighted by Crippen LogP contribution is -2.22. The summed E-state index contributed by atoms with van der Waals surface area (Å²) in [7, 11) is 0. The first-order valence-corrected chi connectivity index (χ1v) is 10.2. The molecule has 1 fully saturated rings. The molecule has 0 radical (unpaired) electrons. The second-order valence-electron chi connectivity index (χ2n) is 7.57. The number of amides is 3. The maximum Gasteiger partial charge on any atom is 0.243 e. The van der Waals surface area contributed by atoms with E-state index in [-0.39, 0.29) is 30.2 Å². The molecule has 4 N–H and O–H groups in total. The standard InChI is InChI=1S/C23H28N4O3/c1-4-21(28)26-20-12-17(11-8-14(20)2)25-22(29)13-24-18-6-5-7-19(15(18)3)27-23(30)16-9-10-16/h5-8,11-12,16,24H,4,9-10,13H2,1-3H3,(H,25,29)(H,26,28)(H,27,30). The zero-order valence-electron chi connectivity index (χ0n) is 17.6. The van der Waals surface area contributed by atoms with Crippen LogP contribution in [0.5, 0.6) is 0 Å². The maximum atomic E-state index is 12.4. The number of hydrogen-bond donors (Lipinski definition) is 4. The van der Waals surface area contributed by atoms with Gasteiger partial charge in [0.2, 0.25) is 17.7 Å². The number of hydrogen-bond acceptors (Lipinski definition) is 4. The van der Waals surface area contributed by atoms with E-state index in [1.54, 1.807) is 19.1 Å². The molecule has 0 unspecified atom stereocenters. The quantitative estimate of drug-likeness (QED) is 0.529. The van der Waals surface area contributed by atoms with E-state index < -0.39 is 0 Å². The van der Waals surface area contributed by atoms with Crippen molar-refractivity contribution >= 4 is 40.5 Å². The van der Waals surface area contributed by atoms with E-state index in [1.165, 1.54) is 0 Å². The molecule has 3 rings (SSSR count). The number of rotatable bonds is 8. The van der Waals surface area contributed by atoms with Crippen LogP contribution in [0.3, 0.4) is 0 Å². The van der Waals surface area contributed by atoms with Crippen molar-refractivity contribution < 1.29 is 14.4 Å². The van der Waals surface area contributed by atoms with Gasteiger partial charge in [0.05, 0.1) is 6.54 Å². The second kappa shape index (κ2) is 9.43. The van der Waals surface area contributed by atoms with Crippen LogP contribution in [0.15, 0.2) is 36.4 Å². The SMILES string of the molecule is CCC(=O)Nc1cc(NC(=O)CNc2cccc(NC(=O)C3CC3)c2C)ccc1C. The Kier molecular flexibility index (Phi) is 6.72. The van der Waals surface area contributed by atoms with Crippen LogP contribution in [0.1, 0.15) is 37.3 Å². The van der Waals surface area contributed by atoms with Gasteiger partial charge in [-0.15, -0.1) is 0 Å². The molecule has 1 aliphatic rings. The fourth-order valence-electron chi connectivity index (χ4n) is 3.00. The van der Waals surface area contributed by atoms with E-state index in [0.717, 1.165) is 35.3 Å². The molecule has 1 aliphatic carbocycles. The minimum atomic E-state index is -0.210. The minimum Gasteiger partial charge on any atom is -0.376 e. The van der Waals surface area contributed by atoms with Crippen LogP contribution in [-0.2, 0) is 14.4 Å². The summed E-state index contributed by atoms with van der Waals surface area (Å²) >= 11 is 0. The van der Waals surface area contributed by atoms with E-state index in [0.29, 0.717) is 17.8 Å². The molecule has 0 saturated heterocycles. The summed E-state index contributed by atoms with van der Waals surface area (Å²) in [6.45, 7) is 5.67. The van der Waals surface area contributed by atoms with E-state index in [9.17, 15) is 14.4 Å². The van der Waals surface area contributed by atoms with Crippen molar-refractivity contribution in [2.24, 2.45) is 5.92 Å². The molecule has 1 saturated carbocycles. The van der Waals surface area contributed by atoms with Gasteiger partial charge in [-0.3, -0.25) is 14.4 Å². The largest absolute Gasteiger partial charge is 0.376 e. The van der Waals surface area contributed by atoms with Gasteiger partial charge in [-0.05, 0) is 62.1 Å². The Morgan fingerprint density at radius 3 is 2.33 bits per heavy atom. The highest BCUT2D eigenvalue weighted by Gasteiger charge is 2.29. The molecule has 7 heteroatoms. The van der Waals surface area contributed by atoms with Crippen molar-refractivity contribution in [2.45, 2.75) is 40.0 Å². The summed E-state index contributed by atoms with van der Waals surface area (Å²) in [6, 6.07) is 11.0. The molecule has 30 heavy (non-hydrogen) atoms. The average Bonchev–Trinajstić information content (AvgIpc) is 3.56. The molecular weight excluding hydrogens is 380 g/mol. The molecule has 0 aromatic heterocycles. The number of aryl methyl sites for hydroxylation is 1. The van der Waals surface area contributed by atoms with Crippen molar-refractivity contribution in [3.8, 4) is 0 Å². The third-order valence-electron chi connectivity index (χ3n) is 5.10. The van der Waals surface area contributed by atoms with Crippen LogP contribution in [0.4, 0.5) is 22.7 Å². The van der Waals surface area contributed by atoms with Gasteiger partial charge in [-0.25, -0.2) is 0 Å². The molecule has 158 valence electrons. The molecule has 2 aromatic carbocycles. The van der Waals surface area contributed by atoms with E-state index in [4.69, 9.17) is 0 Å². The zero-order chi connectivity index (χ0) is 21.7. The van der Waals surface area contributed by atoms with Gasteiger partial charge in [0.25, 0.3) is 0 Å². The van der Waals surface area contributed by atoms with Crippen LogP contribution >= 0.6 is 0 Å². The lowest BCUT2D eigenvalue weighted by molar-refractivity contribution is -0.117. The Hall–Kier alpha value is -3.35. The highest BCUT2D eigenvalue weighted by Crippen LogP contribution is 2.31.